The molecule has 0 atom stereocenters. The standard InChI is InChI=1S/C14H14BrN/c1-11-14(15)9-13(10-16-11)8-7-12-5-3-2-4-6-12/h2-6,9-10H,7-8H2,1H3. The molecule has 0 aliphatic carbocycles. The Balaban J connectivity index is 2.03. The predicted octanol–water partition coefficient (Wildman–Crippen LogP) is 3.94. The highest BCUT2D eigenvalue weighted by atomic mass is 79.9. The highest BCUT2D eigenvalue weighted by Gasteiger charge is 1.99. The zero-order valence-corrected chi connectivity index (χ0v) is 10.9. The zero-order valence-electron chi connectivity index (χ0n) is 9.28. The number of aryl methyl sites for hydroxylation is 3. The van der Waals surface area contributed by atoms with Crippen molar-refractivity contribution in [2.24, 2.45) is 0 Å². The molecular weight excluding hydrogens is 262 g/mol. The summed E-state index contributed by atoms with van der Waals surface area (Å²) in [7, 11) is 0. The molecule has 1 aromatic carbocycles. The molecule has 0 bridgehead atoms. The Kier molecular flexibility index (Phi) is 3.73. The van der Waals surface area contributed by atoms with Crippen molar-refractivity contribution in [3.8, 4) is 0 Å². The van der Waals surface area contributed by atoms with E-state index in [1.807, 2.05) is 19.2 Å². The molecule has 1 aromatic heterocycles. The Morgan fingerprint density at radius 1 is 1.06 bits per heavy atom. The quantitative estimate of drug-likeness (QED) is 0.827. The van der Waals surface area contributed by atoms with E-state index in [2.05, 4.69) is 51.2 Å². The van der Waals surface area contributed by atoms with Crippen LogP contribution in [-0.4, -0.2) is 4.98 Å². The molecular formula is C14H14BrN. The highest BCUT2D eigenvalue weighted by Crippen LogP contribution is 2.16. The van der Waals surface area contributed by atoms with Crippen LogP contribution in [0.1, 0.15) is 16.8 Å². The van der Waals surface area contributed by atoms with Crippen LogP contribution >= 0.6 is 15.9 Å². The zero-order chi connectivity index (χ0) is 11.4. The topological polar surface area (TPSA) is 12.9 Å². The lowest BCUT2D eigenvalue weighted by Crippen LogP contribution is -1.93. The lowest BCUT2D eigenvalue weighted by molar-refractivity contribution is 0.942. The van der Waals surface area contributed by atoms with E-state index in [0.717, 1.165) is 23.0 Å². The monoisotopic (exact) mass is 275 g/mol. The van der Waals surface area contributed by atoms with E-state index in [-0.39, 0.29) is 0 Å². The number of benzene rings is 1. The molecule has 2 rings (SSSR count). The van der Waals surface area contributed by atoms with Gasteiger partial charge in [0, 0.05) is 10.7 Å². The second-order valence-electron chi connectivity index (χ2n) is 3.90. The van der Waals surface area contributed by atoms with Crippen molar-refractivity contribution in [3.63, 3.8) is 0 Å². The van der Waals surface area contributed by atoms with Crippen LogP contribution in [0.25, 0.3) is 0 Å². The maximum Gasteiger partial charge on any atom is 0.0514 e. The first kappa shape index (κ1) is 11.3. The van der Waals surface area contributed by atoms with Crippen LogP contribution in [0.3, 0.4) is 0 Å². The minimum Gasteiger partial charge on any atom is -0.260 e. The van der Waals surface area contributed by atoms with Gasteiger partial charge in [0.25, 0.3) is 0 Å². The molecule has 2 aromatic rings. The summed E-state index contributed by atoms with van der Waals surface area (Å²) in [5, 5.41) is 0. The molecule has 0 amide bonds. The van der Waals surface area contributed by atoms with Crippen molar-refractivity contribution in [2.75, 3.05) is 0 Å². The third-order valence-corrected chi connectivity index (χ3v) is 3.43. The first-order chi connectivity index (χ1) is 7.75. The predicted molar refractivity (Wildman–Crippen MR) is 70.5 cm³/mol. The molecule has 1 nitrogen and oxygen atoms in total. The lowest BCUT2D eigenvalue weighted by atomic mass is 10.1. The number of aromatic nitrogens is 1. The van der Waals surface area contributed by atoms with E-state index in [1.54, 1.807) is 0 Å². The van der Waals surface area contributed by atoms with Gasteiger partial charge in [-0.05, 0) is 52.9 Å². The van der Waals surface area contributed by atoms with Gasteiger partial charge in [-0.15, -0.1) is 0 Å². The summed E-state index contributed by atoms with van der Waals surface area (Å²) in [5.74, 6) is 0. The smallest absolute Gasteiger partial charge is 0.0514 e. The molecule has 16 heavy (non-hydrogen) atoms. The molecule has 0 unspecified atom stereocenters. The Hall–Kier alpha value is -1.15. The maximum atomic E-state index is 4.34. The number of hydrogen-bond acceptors (Lipinski definition) is 1. The Bertz CT molecular complexity index is 465. The van der Waals surface area contributed by atoms with Crippen LogP contribution < -0.4 is 0 Å². The van der Waals surface area contributed by atoms with Gasteiger partial charge in [0.05, 0.1) is 5.69 Å². The average Bonchev–Trinajstić information content (AvgIpc) is 2.32. The van der Waals surface area contributed by atoms with Crippen LogP contribution in [0.15, 0.2) is 47.1 Å². The molecule has 2 heteroatoms. The van der Waals surface area contributed by atoms with E-state index in [1.165, 1.54) is 11.1 Å². The van der Waals surface area contributed by atoms with Gasteiger partial charge < -0.3 is 0 Å². The van der Waals surface area contributed by atoms with Gasteiger partial charge >= 0.3 is 0 Å². The van der Waals surface area contributed by atoms with Gasteiger partial charge in [-0.3, -0.25) is 4.98 Å². The summed E-state index contributed by atoms with van der Waals surface area (Å²) in [4.78, 5) is 4.34. The molecule has 0 radical (unpaired) electrons. The largest absolute Gasteiger partial charge is 0.260 e. The van der Waals surface area contributed by atoms with E-state index < -0.39 is 0 Å². The minimum atomic E-state index is 1.04. The van der Waals surface area contributed by atoms with Crippen LogP contribution in [0, 0.1) is 6.92 Å². The van der Waals surface area contributed by atoms with Crippen molar-refractivity contribution >= 4 is 15.9 Å². The van der Waals surface area contributed by atoms with Crippen molar-refractivity contribution < 1.29 is 0 Å². The van der Waals surface area contributed by atoms with E-state index in [9.17, 15) is 0 Å². The Morgan fingerprint density at radius 2 is 1.75 bits per heavy atom. The van der Waals surface area contributed by atoms with Gasteiger partial charge in [-0.2, -0.15) is 0 Å². The van der Waals surface area contributed by atoms with Gasteiger partial charge in [0.15, 0.2) is 0 Å². The molecule has 0 fully saturated rings. The summed E-state index contributed by atoms with van der Waals surface area (Å²) >= 11 is 3.51. The minimum absolute atomic E-state index is 1.04. The molecule has 0 saturated carbocycles. The van der Waals surface area contributed by atoms with Gasteiger partial charge in [-0.25, -0.2) is 0 Å². The lowest BCUT2D eigenvalue weighted by Gasteiger charge is -2.03. The normalized spacial score (nSPS) is 10.4. The van der Waals surface area contributed by atoms with Crippen LogP contribution in [0.4, 0.5) is 0 Å². The van der Waals surface area contributed by atoms with Gasteiger partial charge in [-0.1, -0.05) is 30.3 Å². The first-order valence-electron chi connectivity index (χ1n) is 5.40. The number of rotatable bonds is 3. The van der Waals surface area contributed by atoms with E-state index >= 15 is 0 Å². The molecule has 0 spiro atoms. The van der Waals surface area contributed by atoms with Crippen molar-refractivity contribution in [3.05, 3.63) is 63.9 Å². The number of halogens is 1. The molecule has 0 aliphatic heterocycles. The van der Waals surface area contributed by atoms with E-state index in [4.69, 9.17) is 0 Å². The summed E-state index contributed by atoms with van der Waals surface area (Å²) in [6.07, 6.45) is 4.07. The molecule has 0 N–H and O–H groups in total. The van der Waals surface area contributed by atoms with Crippen molar-refractivity contribution in [1.82, 2.24) is 4.98 Å². The van der Waals surface area contributed by atoms with E-state index in [0.29, 0.717) is 0 Å². The maximum absolute atomic E-state index is 4.34. The van der Waals surface area contributed by atoms with Crippen LogP contribution in [0.5, 0.6) is 0 Å². The molecule has 0 aliphatic rings. The molecule has 82 valence electrons. The van der Waals surface area contributed by atoms with Crippen LogP contribution in [-0.2, 0) is 12.8 Å². The summed E-state index contributed by atoms with van der Waals surface area (Å²) < 4.78 is 1.10. The van der Waals surface area contributed by atoms with Gasteiger partial charge in [0.2, 0.25) is 0 Å². The number of pyridine rings is 1. The highest BCUT2D eigenvalue weighted by molar-refractivity contribution is 9.10. The van der Waals surface area contributed by atoms with Crippen molar-refractivity contribution in [1.29, 1.82) is 0 Å². The average molecular weight is 276 g/mol. The summed E-state index contributed by atoms with van der Waals surface area (Å²) in [5.41, 5.74) is 3.70. The summed E-state index contributed by atoms with van der Waals surface area (Å²) in [6.45, 7) is 2.01. The van der Waals surface area contributed by atoms with Gasteiger partial charge in [0.1, 0.15) is 0 Å². The van der Waals surface area contributed by atoms with Crippen LogP contribution in [0.2, 0.25) is 0 Å². The Labute approximate surface area is 105 Å². The fourth-order valence-electron chi connectivity index (χ4n) is 1.62. The third-order valence-electron chi connectivity index (χ3n) is 2.63. The Morgan fingerprint density at radius 3 is 2.44 bits per heavy atom. The fraction of sp³-hybridized carbons (Fsp3) is 0.214. The molecule has 0 saturated heterocycles. The fourth-order valence-corrected chi connectivity index (χ4v) is 2.01. The number of nitrogens with zero attached hydrogens (tertiary/aromatic N) is 1. The molecule has 1 heterocycles. The third kappa shape index (κ3) is 2.92. The first-order valence-corrected chi connectivity index (χ1v) is 6.20. The summed E-state index contributed by atoms with van der Waals surface area (Å²) in [6, 6.07) is 12.7. The van der Waals surface area contributed by atoms with Crippen molar-refractivity contribution in [2.45, 2.75) is 19.8 Å². The number of hydrogen-bond donors (Lipinski definition) is 0. The second-order valence-corrected chi connectivity index (χ2v) is 4.75. The SMILES string of the molecule is Cc1ncc(CCc2ccccc2)cc1Br. The second kappa shape index (κ2) is 5.26.